The van der Waals surface area contributed by atoms with Crippen molar-refractivity contribution in [3.8, 4) is 11.5 Å². The lowest BCUT2D eigenvalue weighted by molar-refractivity contribution is 0.124. The number of halogens is 1. The van der Waals surface area contributed by atoms with Gasteiger partial charge in [0, 0.05) is 18.1 Å². The third kappa shape index (κ3) is 4.37. The van der Waals surface area contributed by atoms with Gasteiger partial charge in [-0.15, -0.1) is 0 Å². The van der Waals surface area contributed by atoms with Crippen LogP contribution in [0.15, 0.2) is 42.5 Å². The largest absolute Gasteiger partial charge is 0.504 e. The maximum Gasteiger partial charge on any atom is 0.160 e. The first-order chi connectivity index (χ1) is 10.5. The highest BCUT2D eigenvalue weighted by Crippen LogP contribution is 2.27. The summed E-state index contributed by atoms with van der Waals surface area (Å²) in [5.41, 5.74) is 1.78. The van der Waals surface area contributed by atoms with Gasteiger partial charge in [0.2, 0.25) is 0 Å². The lowest BCUT2D eigenvalue weighted by Gasteiger charge is -2.21. The number of hydrogen-bond donors (Lipinski definition) is 2. The van der Waals surface area contributed by atoms with E-state index in [4.69, 9.17) is 16.3 Å². The highest BCUT2D eigenvalue weighted by atomic mass is 35.5. The number of rotatable bonds is 6. The van der Waals surface area contributed by atoms with E-state index in [9.17, 15) is 10.2 Å². The monoisotopic (exact) mass is 321 g/mol. The van der Waals surface area contributed by atoms with E-state index in [-0.39, 0.29) is 5.75 Å². The molecule has 2 N–H and O–H groups in total. The van der Waals surface area contributed by atoms with E-state index < -0.39 is 6.10 Å². The fraction of sp³-hybridized carbons (Fsp3) is 0.294. The summed E-state index contributed by atoms with van der Waals surface area (Å²) < 4.78 is 5.02. The van der Waals surface area contributed by atoms with Gasteiger partial charge < -0.3 is 14.9 Å². The Bertz CT molecular complexity index is 616. The average molecular weight is 322 g/mol. The highest BCUT2D eigenvalue weighted by molar-refractivity contribution is 6.30. The molecule has 0 heterocycles. The van der Waals surface area contributed by atoms with Gasteiger partial charge in [0.15, 0.2) is 11.5 Å². The number of phenolic OH excluding ortho intramolecular Hbond substituents is 1. The Balaban J connectivity index is 1.96. The Morgan fingerprint density at radius 1 is 1.18 bits per heavy atom. The quantitative estimate of drug-likeness (QED) is 0.857. The molecule has 2 aromatic rings. The Kier molecular flexibility index (Phi) is 5.66. The summed E-state index contributed by atoms with van der Waals surface area (Å²) in [6.07, 6.45) is -0.589. The van der Waals surface area contributed by atoms with E-state index in [0.29, 0.717) is 23.9 Å². The van der Waals surface area contributed by atoms with Crippen molar-refractivity contribution in [3.05, 3.63) is 58.6 Å². The Morgan fingerprint density at radius 3 is 2.45 bits per heavy atom. The van der Waals surface area contributed by atoms with Crippen LogP contribution in [0.3, 0.4) is 0 Å². The van der Waals surface area contributed by atoms with Crippen LogP contribution in [-0.2, 0) is 6.54 Å². The molecular weight excluding hydrogens is 302 g/mol. The molecule has 2 rings (SSSR count). The molecule has 0 fully saturated rings. The number of methoxy groups -OCH3 is 1. The molecule has 0 spiro atoms. The van der Waals surface area contributed by atoms with Crippen LogP contribution in [0.5, 0.6) is 11.5 Å². The van der Waals surface area contributed by atoms with Crippen LogP contribution in [0.1, 0.15) is 17.2 Å². The minimum absolute atomic E-state index is 0.117. The van der Waals surface area contributed by atoms with Gasteiger partial charge in [0.1, 0.15) is 0 Å². The second-order valence-corrected chi connectivity index (χ2v) is 5.71. The zero-order valence-corrected chi connectivity index (χ0v) is 13.4. The smallest absolute Gasteiger partial charge is 0.160 e. The van der Waals surface area contributed by atoms with E-state index in [2.05, 4.69) is 0 Å². The molecule has 118 valence electrons. The van der Waals surface area contributed by atoms with Gasteiger partial charge in [-0.05, 0) is 42.4 Å². The minimum Gasteiger partial charge on any atom is -0.504 e. The Labute approximate surface area is 135 Å². The lowest BCUT2D eigenvalue weighted by Crippen LogP contribution is -2.24. The first kappa shape index (κ1) is 16.6. The van der Waals surface area contributed by atoms with Gasteiger partial charge in [-0.25, -0.2) is 0 Å². The van der Waals surface area contributed by atoms with Crippen molar-refractivity contribution in [2.45, 2.75) is 12.6 Å². The molecule has 5 heteroatoms. The van der Waals surface area contributed by atoms with Crippen molar-refractivity contribution in [1.82, 2.24) is 4.90 Å². The van der Waals surface area contributed by atoms with Crippen LogP contribution in [0, 0.1) is 0 Å². The number of aliphatic hydroxyl groups is 1. The predicted molar refractivity (Wildman–Crippen MR) is 87.4 cm³/mol. The summed E-state index contributed by atoms with van der Waals surface area (Å²) in [5, 5.41) is 20.7. The fourth-order valence-corrected chi connectivity index (χ4v) is 2.42. The summed E-state index contributed by atoms with van der Waals surface area (Å²) in [6.45, 7) is 1.09. The van der Waals surface area contributed by atoms with Gasteiger partial charge in [-0.3, -0.25) is 4.90 Å². The van der Waals surface area contributed by atoms with Crippen molar-refractivity contribution in [2.75, 3.05) is 20.7 Å². The van der Waals surface area contributed by atoms with Crippen molar-refractivity contribution in [2.24, 2.45) is 0 Å². The lowest BCUT2D eigenvalue weighted by atomic mass is 10.1. The minimum atomic E-state index is -0.589. The molecule has 4 nitrogen and oxygen atoms in total. The number of phenols is 1. The summed E-state index contributed by atoms with van der Waals surface area (Å²) in [7, 11) is 3.43. The maximum absolute atomic E-state index is 10.2. The SMILES string of the molecule is COc1ccc(CN(C)CC(O)c2ccc(Cl)cc2)cc1O. The van der Waals surface area contributed by atoms with E-state index in [0.717, 1.165) is 11.1 Å². The first-order valence-corrected chi connectivity index (χ1v) is 7.35. The molecule has 0 aliphatic rings. The number of likely N-dealkylation sites (N-methyl/N-ethyl adjacent to an activating group) is 1. The number of nitrogens with zero attached hydrogens (tertiary/aromatic N) is 1. The zero-order valence-electron chi connectivity index (χ0n) is 12.7. The van der Waals surface area contributed by atoms with E-state index in [1.54, 1.807) is 24.3 Å². The van der Waals surface area contributed by atoms with Crippen LogP contribution in [0.25, 0.3) is 0 Å². The third-order valence-corrected chi connectivity index (χ3v) is 3.69. The van der Waals surface area contributed by atoms with Crippen molar-refractivity contribution >= 4 is 11.6 Å². The predicted octanol–water partition coefficient (Wildman–Crippen LogP) is 3.22. The normalized spacial score (nSPS) is 12.4. The van der Waals surface area contributed by atoms with Crippen LogP contribution >= 0.6 is 11.6 Å². The molecule has 0 radical (unpaired) electrons. The summed E-state index contributed by atoms with van der Waals surface area (Å²) in [4.78, 5) is 1.99. The molecule has 0 saturated carbocycles. The molecule has 0 bridgehead atoms. The van der Waals surface area contributed by atoms with E-state index in [1.165, 1.54) is 7.11 Å². The molecule has 1 unspecified atom stereocenters. The Morgan fingerprint density at radius 2 is 1.86 bits per heavy atom. The van der Waals surface area contributed by atoms with E-state index in [1.807, 2.05) is 30.1 Å². The van der Waals surface area contributed by atoms with Crippen molar-refractivity contribution in [1.29, 1.82) is 0 Å². The first-order valence-electron chi connectivity index (χ1n) is 6.97. The molecule has 2 aromatic carbocycles. The van der Waals surface area contributed by atoms with Gasteiger partial charge in [-0.1, -0.05) is 29.8 Å². The van der Waals surface area contributed by atoms with Gasteiger partial charge in [-0.2, -0.15) is 0 Å². The standard InChI is InChI=1S/C17H20ClNO3/c1-19(10-12-3-8-17(22-2)15(20)9-12)11-16(21)13-4-6-14(18)7-5-13/h3-9,16,20-21H,10-11H2,1-2H3. The molecule has 1 atom stereocenters. The van der Waals surface area contributed by atoms with Crippen LogP contribution in [0.4, 0.5) is 0 Å². The summed E-state index contributed by atoms with van der Waals surface area (Å²) in [5.74, 6) is 0.569. The number of benzene rings is 2. The van der Waals surface area contributed by atoms with Crippen molar-refractivity contribution in [3.63, 3.8) is 0 Å². The average Bonchev–Trinajstić information content (AvgIpc) is 2.48. The number of aromatic hydroxyl groups is 1. The summed E-state index contributed by atoms with van der Waals surface area (Å²) in [6, 6.07) is 12.5. The highest BCUT2D eigenvalue weighted by Gasteiger charge is 2.12. The summed E-state index contributed by atoms with van der Waals surface area (Å²) >= 11 is 5.84. The number of hydrogen-bond acceptors (Lipinski definition) is 4. The second-order valence-electron chi connectivity index (χ2n) is 5.27. The zero-order chi connectivity index (χ0) is 16.1. The molecule has 22 heavy (non-hydrogen) atoms. The maximum atomic E-state index is 10.2. The van der Waals surface area contributed by atoms with Crippen LogP contribution in [-0.4, -0.2) is 35.8 Å². The molecule has 0 amide bonds. The molecule has 0 aromatic heterocycles. The topological polar surface area (TPSA) is 52.9 Å². The Hall–Kier alpha value is -1.75. The molecular formula is C17H20ClNO3. The van der Waals surface area contributed by atoms with Crippen LogP contribution in [0.2, 0.25) is 5.02 Å². The molecule has 0 saturated heterocycles. The second kappa shape index (κ2) is 7.49. The third-order valence-electron chi connectivity index (χ3n) is 3.44. The van der Waals surface area contributed by atoms with Crippen molar-refractivity contribution < 1.29 is 14.9 Å². The number of ether oxygens (including phenoxy) is 1. The molecule has 0 aliphatic carbocycles. The van der Waals surface area contributed by atoms with Gasteiger partial charge in [0.25, 0.3) is 0 Å². The number of aliphatic hydroxyl groups excluding tert-OH is 1. The van der Waals surface area contributed by atoms with Gasteiger partial charge >= 0.3 is 0 Å². The van der Waals surface area contributed by atoms with E-state index >= 15 is 0 Å². The van der Waals surface area contributed by atoms with Gasteiger partial charge in [0.05, 0.1) is 13.2 Å². The molecule has 0 aliphatic heterocycles. The van der Waals surface area contributed by atoms with Crippen LogP contribution < -0.4 is 4.74 Å². The fourth-order valence-electron chi connectivity index (χ4n) is 2.30.